The van der Waals surface area contributed by atoms with E-state index in [-0.39, 0.29) is 11.7 Å². The van der Waals surface area contributed by atoms with Gasteiger partial charge in [-0.05, 0) is 94.5 Å². The topological polar surface area (TPSA) is 53.6 Å². The predicted molar refractivity (Wildman–Crippen MR) is 153 cm³/mol. The van der Waals surface area contributed by atoms with E-state index >= 15 is 0 Å². The molecule has 1 saturated carbocycles. The molecule has 2 aromatic rings. The van der Waals surface area contributed by atoms with Crippen LogP contribution in [0.25, 0.3) is 0 Å². The summed E-state index contributed by atoms with van der Waals surface area (Å²) in [7, 11) is 5.58. The molecule has 2 N–H and O–H groups in total. The summed E-state index contributed by atoms with van der Waals surface area (Å²) in [6.45, 7) is 1.54. The Morgan fingerprint density at radius 1 is 1.08 bits per heavy atom. The summed E-state index contributed by atoms with van der Waals surface area (Å²) >= 11 is 8.94. The zero-order valence-corrected chi connectivity index (χ0v) is 24.4. The SMILES string of the molecule is COC1(C(=O)NSc2cc(F)c(NCCCN(C)C)c(Cl)c2)CCCCCC1.CSc1ccc(F)cc1. The molecule has 0 unspecified atom stereocenters. The highest BCUT2D eigenvalue weighted by Crippen LogP contribution is 2.33. The van der Waals surface area contributed by atoms with Crippen LogP contribution in [-0.2, 0) is 9.53 Å². The lowest BCUT2D eigenvalue weighted by Gasteiger charge is -2.29. The second kappa shape index (κ2) is 16.4. The molecule has 10 heteroatoms. The number of thioether (sulfide) groups is 1. The Hall–Kier alpha value is -1.52. The summed E-state index contributed by atoms with van der Waals surface area (Å²) in [5, 5.41) is 3.36. The highest BCUT2D eigenvalue weighted by atomic mass is 35.5. The standard InChI is InChI=1S/C20H31ClFN3O2S.C7H7FS/c1-25(2)12-8-11-23-18-16(21)13-15(14-17(18)22)28-24-19(26)20(27-3)9-6-4-5-7-10-20;1-9-7-4-2-6(8)3-5-7/h13-14,23H,4-12H2,1-3H3,(H,24,26);2-5H,1H3. The second-order valence-electron chi connectivity index (χ2n) is 9.15. The van der Waals surface area contributed by atoms with Crippen molar-refractivity contribution in [1.82, 2.24) is 9.62 Å². The zero-order chi connectivity index (χ0) is 27.3. The highest BCUT2D eigenvalue weighted by molar-refractivity contribution is 7.98. The summed E-state index contributed by atoms with van der Waals surface area (Å²) in [6.07, 6.45) is 8.45. The molecule has 0 aliphatic heterocycles. The fourth-order valence-electron chi connectivity index (χ4n) is 3.98. The number of hydrogen-bond donors (Lipinski definition) is 2. The Kier molecular flexibility index (Phi) is 14.1. The maximum atomic E-state index is 14.5. The summed E-state index contributed by atoms with van der Waals surface area (Å²) < 4.78 is 35.1. The van der Waals surface area contributed by atoms with Gasteiger partial charge in [0.2, 0.25) is 0 Å². The minimum Gasteiger partial charge on any atom is -0.381 e. The molecule has 37 heavy (non-hydrogen) atoms. The molecule has 206 valence electrons. The van der Waals surface area contributed by atoms with Crippen molar-refractivity contribution in [2.24, 2.45) is 0 Å². The Labute approximate surface area is 233 Å². The van der Waals surface area contributed by atoms with Crippen LogP contribution in [-0.4, -0.2) is 57.0 Å². The number of rotatable bonds is 10. The van der Waals surface area contributed by atoms with Gasteiger partial charge in [0.25, 0.3) is 5.91 Å². The van der Waals surface area contributed by atoms with Gasteiger partial charge in [0, 0.05) is 23.4 Å². The van der Waals surface area contributed by atoms with Gasteiger partial charge in [-0.3, -0.25) is 9.52 Å². The van der Waals surface area contributed by atoms with Crippen LogP contribution in [0.2, 0.25) is 5.02 Å². The van der Waals surface area contributed by atoms with Crippen molar-refractivity contribution in [1.29, 1.82) is 0 Å². The van der Waals surface area contributed by atoms with E-state index in [2.05, 4.69) is 14.9 Å². The number of anilines is 1. The number of nitrogens with zero attached hydrogens (tertiary/aromatic N) is 1. The molecule has 2 aromatic carbocycles. The maximum absolute atomic E-state index is 14.5. The molecule has 1 aliphatic carbocycles. The number of benzene rings is 2. The molecule has 1 fully saturated rings. The minimum atomic E-state index is -0.792. The van der Waals surface area contributed by atoms with E-state index in [4.69, 9.17) is 16.3 Å². The van der Waals surface area contributed by atoms with Crippen molar-refractivity contribution in [2.45, 2.75) is 60.3 Å². The molecular formula is C27H38ClF2N3O2S2. The Morgan fingerprint density at radius 2 is 1.73 bits per heavy atom. The molecule has 0 radical (unpaired) electrons. The lowest BCUT2D eigenvalue weighted by atomic mass is 9.93. The lowest BCUT2D eigenvalue weighted by molar-refractivity contribution is -0.143. The van der Waals surface area contributed by atoms with E-state index in [1.54, 1.807) is 37.1 Å². The van der Waals surface area contributed by atoms with E-state index in [0.29, 0.717) is 35.0 Å². The normalized spacial score (nSPS) is 14.9. The molecule has 3 rings (SSSR count). The van der Waals surface area contributed by atoms with Crippen LogP contribution < -0.4 is 10.0 Å². The molecule has 1 aliphatic rings. The van der Waals surface area contributed by atoms with Crippen molar-refractivity contribution >= 4 is 46.9 Å². The first-order valence-electron chi connectivity index (χ1n) is 12.4. The molecule has 1 amide bonds. The van der Waals surface area contributed by atoms with Gasteiger partial charge in [0.05, 0.1) is 10.7 Å². The van der Waals surface area contributed by atoms with Crippen LogP contribution in [0, 0.1) is 11.6 Å². The van der Waals surface area contributed by atoms with E-state index in [0.717, 1.165) is 55.5 Å². The third kappa shape index (κ3) is 10.6. The van der Waals surface area contributed by atoms with Crippen LogP contribution in [0.3, 0.4) is 0 Å². The zero-order valence-electron chi connectivity index (χ0n) is 22.0. The van der Waals surface area contributed by atoms with Crippen LogP contribution in [0.15, 0.2) is 46.2 Å². The van der Waals surface area contributed by atoms with E-state index in [9.17, 15) is 13.6 Å². The first-order chi connectivity index (χ1) is 17.7. The van der Waals surface area contributed by atoms with Gasteiger partial charge < -0.3 is 15.0 Å². The van der Waals surface area contributed by atoms with Gasteiger partial charge in [0.1, 0.15) is 17.2 Å². The number of hydrogen-bond acceptors (Lipinski definition) is 6. The number of methoxy groups -OCH3 is 1. The first-order valence-corrected chi connectivity index (χ1v) is 14.8. The van der Waals surface area contributed by atoms with Crippen molar-refractivity contribution in [3.8, 4) is 0 Å². The van der Waals surface area contributed by atoms with Crippen molar-refractivity contribution in [3.63, 3.8) is 0 Å². The average molecular weight is 574 g/mol. The Bertz CT molecular complexity index is 950. The van der Waals surface area contributed by atoms with Gasteiger partial charge in [-0.1, -0.05) is 37.3 Å². The van der Waals surface area contributed by atoms with Crippen molar-refractivity contribution in [2.75, 3.05) is 45.9 Å². The number of nitrogens with one attached hydrogen (secondary N) is 2. The van der Waals surface area contributed by atoms with Gasteiger partial charge in [-0.15, -0.1) is 11.8 Å². The van der Waals surface area contributed by atoms with Crippen molar-refractivity contribution in [3.05, 3.63) is 53.1 Å². The summed E-state index contributed by atoms with van der Waals surface area (Å²) in [6, 6.07) is 9.51. The molecule has 0 spiro atoms. The quantitative estimate of drug-likeness (QED) is 0.135. The molecule has 0 aromatic heterocycles. The molecule has 0 saturated heterocycles. The molecule has 0 atom stereocenters. The highest BCUT2D eigenvalue weighted by Gasteiger charge is 2.38. The van der Waals surface area contributed by atoms with Crippen LogP contribution >= 0.6 is 35.3 Å². The number of halogens is 3. The fourth-order valence-corrected chi connectivity index (χ4v) is 5.46. The molecule has 0 bridgehead atoms. The summed E-state index contributed by atoms with van der Waals surface area (Å²) in [5.41, 5.74) is -0.493. The second-order valence-corrected chi connectivity index (χ2v) is 11.3. The van der Waals surface area contributed by atoms with Gasteiger partial charge >= 0.3 is 0 Å². The predicted octanol–water partition coefficient (Wildman–Crippen LogP) is 7.25. The fraction of sp³-hybridized carbons (Fsp3) is 0.519. The minimum absolute atomic E-state index is 0.163. The van der Waals surface area contributed by atoms with Crippen LogP contribution in [0.4, 0.5) is 14.5 Å². The largest absolute Gasteiger partial charge is 0.381 e. The number of carbonyl (C=O) groups is 1. The maximum Gasteiger partial charge on any atom is 0.262 e. The number of carbonyl (C=O) groups excluding carboxylic acids is 1. The summed E-state index contributed by atoms with van der Waals surface area (Å²) in [5.74, 6) is -0.762. The molecule has 5 nitrogen and oxygen atoms in total. The van der Waals surface area contributed by atoms with E-state index in [1.807, 2.05) is 20.4 Å². The molecular weight excluding hydrogens is 536 g/mol. The van der Waals surface area contributed by atoms with E-state index in [1.165, 1.54) is 18.2 Å². The first kappa shape index (κ1) is 31.7. The van der Waals surface area contributed by atoms with Crippen molar-refractivity contribution < 1.29 is 18.3 Å². The Balaban J connectivity index is 0.000000449. The van der Waals surface area contributed by atoms with Gasteiger partial charge in [-0.2, -0.15) is 0 Å². The van der Waals surface area contributed by atoms with Gasteiger partial charge in [0.15, 0.2) is 0 Å². The third-order valence-corrected chi connectivity index (χ3v) is 7.93. The number of ether oxygens (including phenoxy) is 1. The smallest absolute Gasteiger partial charge is 0.262 e. The van der Waals surface area contributed by atoms with Gasteiger partial charge in [-0.25, -0.2) is 8.78 Å². The molecule has 0 heterocycles. The summed E-state index contributed by atoms with van der Waals surface area (Å²) in [4.78, 5) is 16.5. The van der Waals surface area contributed by atoms with E-state index < -0.39 is 11.4 Å². The van der Waals surface area contributed by atoms with Crippen LogP contribution in [0.5, 0.6) is 0 Å². The lowest BCUT2D eigenvalue weighted by Crippen LogP contribution is -2.45. The van der Waals surface area contributed by atoms with Crippen LogP contribution in [0.1, 0.15) is 44.9 Å². The average Bonchev–Trinajstić information content (AvgIpc) is 3.14. The monoisotopic (exact) mass is 573 g/mol. The number of amides is 1. The Morgan fingerprint density at radius 3 is 2.27 bits per heavy atom. The third-order valence-electron chi connectivity index (χ3n) is 6.13.